The van der Waals surface area contributed by atoms with E-state index in [1.807, 2.05) is 30.5 Å². The van der Waals surface area contributed by atoms with Crippen molar-refractivity contribution in [1.82, 2.24) is 4.98 Å². The number of methoxy groups -OCH3 is 1. The summed E-state index contributed by atoms with van der Waals surface area (Å²) in [5.74, 6) is 1.72. The normalized spacial score (nSPS) is 10.6. The van der Waals surface area contributed by atoms with Gasteiger partial charge in [-0.2, -0.15) is 0 Å². The van der Waals surface area contributed by atoms with E-state index in [0.717, 1.165) is 28.9 Å². The van der Waals surface area contributed by atoms with Gasteiger partial charge in [0.25, 0.3) is 0 Å². The minimum absolute atomic E-state index is 0.755. The maximum absolute atomic E-state index is 5.30. The minimum Gasteiger partial charge on any atom is -0.497 e. The second-order valence-corrected chi connectivity index (χ2v) is 5.09. The molecule has 0 aliphatic carbocycles. The van der Waals surface area contributed by atoms with E-state index < -0.39 is 0 Å². The Morgan fingerprint density at radius 2 is 2.00 bits per heavy atom. The molecule has 1 heterocycles. The number of hydrogen-bond donors (Lipinski definition) is 1. The largest absolute Gasteiger partial charge is 0.497 e. The summed E-state index contributed by atoms with van der Waals surface area (Å²) in [5, 5.41) is 5.64. The van der Waals surface area contributed by atoms with Crippen LogP contribution in [0.1, 0.15) is 11.1 Å². The minimum atomic E-state index is 0.755. The van der Waals surface area contributed by atoms with Crippen molar-refractivity contribution in [1.29, 1.82) is 0 Å². The van der Waals surface area contributed by atoms with Gasteiger partial charge < -0.3 is 10.1 Å². The van der Waals surface area contributed by atoms with Gasteiger partial charge >= 0.3 is 0 Å². The second-order valence-electron chi connectivity index (χ2n) is 5.09. The summed E-state index contributed by atoms with van der Waals surface area (Å²) in [7, 11) is 1.68. The lowest BCUT2D eigenvalue weighted by Gasteiger charge is -2.10. The second kappa shape index (κ2) is 5.83. The highest BCUT2D eigenvalue weighted by molar-refractivity contribution is 5.92. The molecule has 0 aliphatic rings. The SMILES string of the molecule is COc1ccc2ccnc(NCc3cccc(C)c3)c2c1. The van der Waals surface area contributed by atoms with E-state index in [2.05, 4.69) is 41.5 Å². The first-order valence-electron chi connectivity index (χ1n) is 6.98. The summed E-state index contributed by atoms with van der Waals surface area (Å²) in [4.78, 5) is 4.45. The molecule has 0 radical (unpaired) electrons. The smallest absolute Gasteiger partial charge is 0.134 e. The molecule has 3 rings (SSSR count). The molecule has 1 aromatic heterocycles. The van der Waals surface area contributed by atoms with Crippen LogP contribution >= 0.6 is 0 Å². The number of hydrogen-bond acceptors (Lipinski definition) is 3. The maximum atomic E-state index is 5.30. The zero-order valence-corrected chi connectivity index (χ0v) is 12.3. The lowest BCUT2D eigenvalue weighted by atomic mass is 10.1. The topological polar surface area (TPSA) is 34.1 Å². The van der Waals surface area contributed by atoms with Crippen LogP contribution in [0.25, 0.3) is 10.8 Å². The first kappa shape index (κ1) is 13.4. The Balaban J connectivity index is 1.89. The molecule has 3 nitrogen and oxygen atoms in total. The zero-order chi connectivity index (χ0) is 14.7. The predicted molar refractivity (Wildman–Crippen MR) is 86.8 cm³/mol. The molecule has 0 atom stereocenters. The average molecular weight is 278 g/mol. The van der Waals surface area contributed by atoms with Crippen molar-refractivity contribution in [3.8, 4) is 5.75 Å². The van der Waals surface area contributed by atoms with Crippen LogP contribution in [0.3, 0.4) is 0 Å². The fourth-order valence-corrected chi connectivity index (χ4v) is 2.42. The number of ether oxygens (including phenoxy) is 1. The van der Waals surface area contributed by atoms with Gasteiger partial charge in [0.15, 0.2) is 0 Å². The monoisotopic (exact) mass is 278 g/mol. The maximum Gasteiger partial charge on any atom is 0.134 e. The highest BCUT2D eigenvalue weighted by Gasteiger charge is 2.04. The standard InChI is InChI=1S/C18H18N2O/c1-13-4-3-5-14(10-13)12-20-18-17-11-16(21-2)7-6-15(17)8-9-19-18/h3-11H,12H2,1-2H3,(H,19,20). The van der Waals surface area contributed by atoms with Gasteiger partial charge in [0.2, 0.25) is 0 Å². The van der Waals surface area contributed by atoms with E-state index in [1.54, 1.807) is 7.11 Å². The molecule has 0 unspecified atom stereocenters. The van der Waals surface area contributed by atoms with Gasteiger partial charge in [-0.3, -0.25) is 0 Å². The predicted octanol–water partition coefficient (Wildman–Crippen LogP) is 4.16. The molecular formula is C18H18N2O. The summed E-state index contributed by atoms with van der Waals surface area (Å²) < 4.78 is 5.30. The molecule has 1 N–H and O–H groups in total. The van der Waals surface area contributed by atoms with Gasteiger partial charge in [-0.05, 0) is 36.1 Å². The third-order valence-corrected chi connectivity index (χ3v) is 3.52. The summed E-state index contributed by atoms with van der Waals surface area (Å²) in [6.45, 7) is 2.86. The first-order valence-corrected chi connectivity index (χ1v) is 6.98. The molecule has 106 valence electrons. The molecule has 0 saturated carbocycles. The average Bonchev–Trinajstić information content (AvgIpc) is 2.52. The number of anilines is 1. The van der Waals surface area contributed by atoms with E-state index >= 15 is 0 Å². The third kappa shape index (κ3) is 2.97. The summed E-state index contributed by atoms with van der Waals surface area (Å²) in [5.41, 5.74) is 2.51. The van der Waals surface area contributed by atoms with Crippen LogP contribution in [0.4, 0.5) is 5.82 Å². The number of benzene rings is 2. The van der Waals surface area contributed by atoms with Crippen LogP contribution in [0.15, 0.2) is 54.7 Å². The highest BCUT2D eigenvalue weighted by Crippen LogP contribution is 2.26. The van der Waals surface area contributed by atoms with Crippen molar-refractivity contribution in [3.05, 3.63) is 65.9 Å². The van der Waals surface area contributed by atoms with Gasteiger partial charge in [-0.1, -0.05) is 35.9 Å². The molecule has 0 amide bonds. The third-order valence-electron chi connectivity index (χ3n) is 3.52. The molecule has 2 aromatic carbocycles. The van der Waals surface area contributed by atoms with Crippen LogP contribution in [0, 0.1) is 6.92 Å². The van der Waals surface area contributed by atoms with Crippen molar-refractivity contribution in [2.24, 2.45) is 0 Å². The number of rotatable bonds is 4. The molecule has 21 heavy (non-hydrogen) atoms. The Morgan fingerprint density at radius 1 is 1.10 bits per heavy atom. The van der Waals surface area contributed by atoms with Gasteiger partial charge in [-0.25, -0.2) is 4.98 Å². The molecular weight excluding hydrogens is 260 g/mol. The van der Waals surface area contributed by atoms with Gasteiger partial charge in [-0.15, -0.1) is 0 Å². The molecule has 0 saturated heterocycles. The van der Waals surface area contributed by atoms with Crippen molar-refractivity contribution >= 4 is 16.6 Å². The number of aromatic nitrogens is 1. The first-order chi connectivity index (χ1) is 10.3. The molecule has 0 spiro atoms. The van der Waals surface area contributed by atoms with Gasteiger partial charge in [0.05, 0.1) is 7.11 Å². The van der Waals surface area contributed by atoms with Crippen LogP contribution in [0.2, 0.25) is 0 Å². The summed E-state index contributed by atoms with van der Waals surface area (Å²) in [6.07, 6.45) is 1.83. The van der Waals surface area contributed by atoms with Gasteiger partial charge in [0, 0.05) is 18.1 Å². The summed E-state index contributed by atoms with van der Waals surface area (Å²) in [6, 6.07) is 16.5. The lowest BCUT2D eigenvalue weighted by Crippen LogP contribution is -2.02. The number of fused-ring (bicyclic) bond motifs is 1. The Labute approximate surface area is 124 Å². The molecule has 3 aromatic rings. The lowest BCUT2D eigenvalue weighted by molar-refractivity contribution is 0.415. The van der Waals surface area contributed by atoms with Crippen molar-refractivity contribution in [3.63, 3.8) is 0 Å². The van der Waals surface area contributed by atoms with E-state index in [-0.39, 0.29) is 0 Å². The molecule has 3 heteroatoms. The van der Waals surface area contributed by atoms with Crippen LogP contribution < -0.4 is 10.1 Å². The Morgan fingerprint density at radius 3 is 2.81 bits per heavy atom. The Hall–Kier alpha value is -2.55. The Bertz CT molecular complexity index is 768. The molecule has 0 aliphatic heterocycles. The number of pyridine rings is 1. The summed E-state index contributed by atoms with van der Waals surface area (Å²) >= 11 is 0. The van der Waals surface area contributed by atoms with Crippen LogP contribution in [0.5, 0.6) is 5.75 Å². The highest BCUT2D eigenvalue weighted by atomic mass is 16.5. The molecule has 0 bridgehead atoms. The fraction of sp³-hybridized carbons (Fsp3) is 0.167. The molecule has 0 fully saturated rings. The van der Waals surface area contributed by atoms with Crippen LogP contribution in [-0.4, -0.2) is 12.1 Å². The number of nitrogens with zero attached hydrogens (tertiary/aromatic N) is 1. The van der Waals surface area contributed by atoms with Gasteiger partial charge in [0.1, 0.15) is 11.6 Å². The Kier molecular flexibility index (Phi) is 3.73. The van der Waals surface area contributed by atoms with E-state index in [4.69, 9.17) is 4.74 Å². The zero-order valence-electron chi connectivity index (χ0n) is 12.3. The van der Waals surface area contributed by atoms with E-state index in [9.17, 15) is 0 Å². The van der Waals surface area contributed by atoms with Crippen molar-refractivity contribution in [2.75, 3.05) is 12.4 Å². The quantitative estimate of drug-likeness (QED) is 0.778. The van der Waals surface area contributed by atoms with E-state index in [1.165, 1.54) is 11.1 Å². The fourth-order valence-electron chi connectivity index (χ4n) is 2.42. The number of aryl methyl sites for hydroxylation is 1. The number of nitrogens with one attached hydrogen (secondary N) is 1. The van der Waals surface area contributed by atoms with Crippen LogP contribution in [-0.2, 0) is 6.54 Å². The van der Waals surface area contributed by atoms with Crippen molar-refractivity contribution < 1.29 is 4.74 Å². The van der Waals surface area contributed by atoms with Crippen molar-refractivity contribution in [2.45, 2.75) is 13.5 Å². The van der Waals surface area contributed by atoms with E-state index in [0.29, 0.717) is 0 Å².